The number of sulfonamides is 1. The van der Waals surface area contributed by atoms with Crippen molar-refractivity contribution in [2.24, 2.45) is 0 Å². The van der Waals surface area contributed by atoms with E-state index in [1.54, 1.807) is 25.3 Å². The maximum absolute atomic E-state index is 12.8. The van der Waals surface area contributed by atoms with E-state index in [2.05, 4.69) is 10.2 Å². The van der Waals surface area contributed by atoms with Gasteiger partial charge < -0.3 is 15.0 Å². The average molecular weight is 398 g/mol. The largest absolute Gasteiger partial charge is 0.496 e. The quantitative estimate of drug-likeness (QED) is 0.605. The lowest BCUT2D eigenvalue weighted by molar-refractivity contribution is -0.121. The molecule has 0 aromatic heterocycles. The first-order valence-electron chi connectivity index (χ1n) is 9.43. The Kier molecular flexibility index (Phi) is 8.07. The fourth-order valence-corrected chi connectivity index (χ4v) is 4.72. The van der Waals surface area contributed by atoms with Crippen LogP contribution in [-0.4, -0.2) is 70.9 Å². The van der Waals surface area contributed by atoms with Gasteiger partial charge in [-0.15, -0.1) is 0 Å². The summed E-state index contributed by atoms with van der Waals surface area (Å²) in [7, 11) is 2.07. The van der Waals surface area contributed by atoms with E-state index in [0.29, 0.717) is 38.2 Å². The molecule has 27 heavy (non-hydrogen) atoms. The van der Waals surface area contributed by atoms with Crippen molar-refractivity contribution in [1.29, 1.82) is 0 Å². The number of nitrogens with one attached hydrogen (secondary N) is 1. The summed E-state index contributed by atoms with van der Waals surface area (Å²) >= 11 is 0. The molecule has 1 saturated heterocycles. The molecule has 0 spiro atoms. The van der Waals surface area contributed by atoms with Gasteiger partial charge in [0.25, 0.3) is 0 Å². The van der Waals surface area contributed by atoms with Crippen molar-refractivity contribution >= 4 is 15.9 Å². The number of benzene rings is 1. The summed E-state index contributed by atoms with van der Waals surface area (Å²) < 4.78 is 32.4. The highest BCUT2D eigenvalue weighted by Crippen LogP contribution is 2.27. The van der Waals surface area contributed by atoms with Crippen LogP contribution in [0.25, 0.3) is 0 Å². The van der Waals surface area contributed by atoms with E-state index in [4.69, 9.17) is 4.74 Å². The van der Waals surface area contributed by atoms with Gasteiger partial charge in [0, 0.05) is 26.1 Å². The molecule has 0 radical (unpaired) electrons. The number of nitrogens with zero attached hydrogens (tertiary/aromatic N) is 2. The lowest BCUT2D eigenvalue weighted by Crippen LogP contribution is -2.28. The summed E-state index contributed by atoms with van der Waals surface area (Å²) in [5.74, 6) is 0.569. The fraction of sp³-hybridized carbons (Fsp3) is 0.632. The number of hydrogen-bond acceptors (Lipinski definition) is 5. The number of carbonyl (C=O) groups excluding carboxylic acids is 1. The maximum atomic E-state index is 12.8. The summed E-state index contributed by atoms with van der Waals surface area (Å²) in [6.45, 7) is 2.69. The Morgan fingerprint density at radius 2 is 1.96 bits per heavy atom. The smallest absolute Gasteiger partial charge is 0.243 e. The Balaban J connectivity index is 2.00. The summed E-state index contributed by atoms with van der Waals surface area (Å²) in [4.78, 5) is 14.4. The zero-order valence-corrected chi connectivity index (χ0v) is 17.3. The Labute approximate surface area is 162 Å². The Morgan fingerprint density at radius 3 is 2.59 bits per heavy atom. The van der Waals surface area contributed by atoms with E-state index < -0.39 is 10.0 Å². The topological polar surface area (TPSA) is 79.0 Å². The third kappa shape index (κ3) is 6.19. The molecule has 0 saturated carbocycles. The van der Waals surface area contributed by atoms with E-state index >= 15 is 0 Å². The second-order valence-electron chi connectivity index (χ2n) is 7.09. The normalized spacial score (nSPS) is 15.3. The number of carbonyl (C=O) groups is 1. The monoisotopic (exact) mass is 397 g/mol. The number of ether oxygens (including phenoxy) is 1. The Hall–Kier alpha value is -1.64. The van der Waals surface area contributed by atoms with Crippen LogP contribution in [0.2, 0.25) is 0 Å². The highest BCUT2D eigenvalue weighted by Gasteiger charge is 2.27. The average Bonchev–Trinajstić information content (AvgIpc) is 3.18. The summed E-state index contributed by atoms with van der Waals surface area (Å²) in [5.41, 5.74) is 0.737. The van der Waals surface area contributed by atoms with Gasteiger partial charge in [0.2, 0.25) is 15.9 Å². The van der Waals surface area contributed by atoms with Crippen molar-refractivity contribution in [3.63, 3.8) is 0 Å². The minimum absolute atomic E-state index is 0.0383. The van der Waals surface area contributed by atoms with Crippen molar-refractivity contribution in [2.75, 3.05) is 47.4 Å². The number of methoxy groups -OCH3 is 1. The van der Waals surface area contributed by atoms with Crippen LogP contribution < -0.4 is 10.1 Å². The van der Waals surface area contributed by atoms with E-state index in [0.717, 1.165) is 31.4 Å². The van der Waals surface area contributed by atoms with Gasteiger partial charge in [0.1, 0.15) is 5.75 Å². The molecule has 1 aliphatic heterocycles. The van der Waals surface area contributed by atoms with Gasteiger partial charge in [0.05, 0.1) is 12.0 Å². The van der Waals surface area contributed by atoms with Gasteiger partial charge in [-0.3, -0.25) is 4.79 Å². The minimum Gasteiger partial charge on any atom is -0.496 e. The molecule has 1 aliphatic rings. The van der Waals surface area contributed by atoms with Crippen molar-refractivity contribution in [3.8, 4) is 5.75 Å². The van der Waals surface area contributed by atoms with E-state index in [-0.39, 0.29) is 10.8 Å². The maximum Gasteiger partial charge on any atom is 0.243 e. The molecule has 0 atom stereocenters. The number of amides is 1. The number of hydrogen-bond donors (Lipinski definition) is 1. The van der Waals surface area contributed by atoms with Crippen LogP contribution in [-0.2, 0) is 21.2 Å². The SMILES string of the molecule is COc1ccc(S(=O)(=O)N2CCCC2)cc1CCC(=O)NCCCN(C)C. The van der Waals surface area contributed by atoms with Crippen molar-refractivity contribution in [3.05, 3.63) is 23.8 Å². The fourth-order valence-electron chi connectivity index (χ4n) is 3.15. The molecule has 1 heterocycles. The third-order valence-electron chi connectivity index (χ3n) is 4.68. The van der Waals surface area contributed by atoms with Crippen molar-refractivity contribution < 1.29 is 17.9 Å². The predicted octanol–water partition coefficient (Wildman–Crippen LogP) is 1.48. The molecule has 1 aromatic rings. The van der Waals surface area contributed by atoms with Gasteiger partial charge in [-0.2, -0.15) is 4.31 Å². The molecule has 1 aromatic carbocycles. The molecule has 2 rings (SSSR count). The first kappa shape index (κ1) is 21.7. The van der Waals surface area contributed by atoms with Crippen LogP contribution >= 0.6 is 0 Å². The van der Waals surface area contributed by atoms with Crippen LogP contribution in [0.5, 0.6) is 5.75 Å². The van der Waals surface area contributed by atoms with Gasteiger partial charge in [0.15, 0.2) is 0 Å². The van der Waals surface area contributed by atoms with Gasteiger partial charge >= 0.3 is 0 Å². The minimum atomic E-state index is -3.48. The van der Waals surface area contributed by atoms with Crippen LogP contribution in [0.4, 0.5) is 0 Å². The molecular formula is C19H31N3O4S. The first-order valence-corrected chi connectivity index (χ1v) is 10.9. The molecule has 0 bridgehead atoms. The molecule has 0 aliphatic carbocycles. The van der Waals surface area contributed by atoms with E-state index in [1.165, 1.54) is 4.31 Å². The Bertz CT molecular complexity index is 728. The van der Waals surface area contributed by atoms with Crippen LogP contribution in [0.3, 0.4) is 0 Å². The van der Waals surface area contributed by atoms with E-state index in [1.807, 2.05) is 14.1 Å². The molecular weight excluding hydrogens is 366 g/mol. The highest BCUT2D eigenvalue weighted by molar-refractivity contribution is 7.89. The standard InChI is InChI=1S/C19H31N3O4S/c1-21(2)12-6-11-20-19(23)10-7-16-15-17(8-9-18(16)26-3)27(24,25)22-13-4-5-14-22/h8-9,15H,4-7,10-14H2,1-3H3,(H,20,23). The zero-order chi connectivity index (χ0) is 19.9. The summed E-state index contributed by atoms with van der Waals surface area (Å²) in [6.07, 6.45) is 3.43. The second-order valence-corrected chi connectivity index (χ2v) is 9.03. The van der Waals surface area contributed by atoms with Crippen molar-refractivity contribution in [2.45, 2.75) is 37.0 Å². The van der Waals surface area contributed by atoms with Crippen molar-refractivity contribution in [1.82, 2.24) is 14.5 Å². The molecule has 152 valence electrons. The number of rotatable bonds is 10. The summed E-state index contributed by atoms with van der Waals surface area (Å²) in [6, 6.07) is 4.90. The van der Waals surface area contributed by atoms with Crippen LogP contribution in [0.15, 0.2) is 23.1 Å². The molecule has 1 fully saturated rings. The highest BCUT2D eigenvalue weighted by atomic mass is 32.2. The number of aryl methyl sites for hydroxylation is 1. The molecule has 8 heteroatoms. The van der Waals surface area contributed by atoms with Gasteiger partial charge in [-0.05, 0) is 70.1 Å². The lowest BCUT2D eigenvalue weighted by Gasteiger charge is -2.17. The van der Waals surface area contributed by atoms with Gasteiger partial charge in [-0.1, -0.05) is 0 Å². The first-order chi connectivity index (χ1) is 12.8. The lowest BCUT2D eigenvalue weighted by atomic mass is 10.1. The molecule has 1 N–H and O–H groups in total. The Morgan fingerprint density at radius 1 is 1.26 bits per heavy atom. The molecule has 0 unspecified atom stereocenters. The zero-order valence-electron chi connectivity index (χ0n) is 16.5. The third-order valence-corrected chi connectivity index (χ3v) is 6.57. The molecule has 1 amide bonds. The van der Waals surface area contributed by atoms with Crippen LogP contribution in [0.1, 0.15) is 31.2 Å². The predicted molar refractivity (Wildman–Crippen MR) is 105 cm³/mol. The van der Waals surface area contributed by atoms with Gasteiger partial charge in [-0.25, -0.2) is 8.42 Å². The van der Waals surface area contributed by atoms with Crippen LogP contribution in [0, 0.1) is 0 Å². The van der Waals surface area contributed by atoms with E-state index in [9.17, 15) is 13.2 Å². The molecule has 7 nitrogen and oxygen atoms in total. The second kappa shape index (κ2) is 10.1. The summed E-state index contributed by atoms with van der Waals surface area (Å²) in [5, 5.41) is 2.90.